The van der Waals surface area contributed by atoms with Crippen LogP contribution in [0.15, 0.2) is 60.7 Å². The first-order valence-corrected chi connectivity index (χ1v) is 10.5. The minimum absolute atomic E-state index is 0.0741. The Morgan fingerprint density at radius 3 is 2.13 bits per heavy atom. The maximum absolute atomic E-state index is 12.1. The number of amides is 1. The summed E-state index contributed by atoms with van der Waals surface area (Å²) in [5.74, 6) is -0.267. The van der Waals surface area contributed by atoms with Crippen LogP contribution in [0.4, 0.5) is 4.79 Å². The van der Waals surface area contributed by atoms with Gasteiger partial charge in [0.1, 0.15) is 6.61 Å². The van der Waals surface area contributed by atoms with Crippen LogP contribution in [0.2, 0.25) is 0 Å². The Labute approximate surface area is 178 Å². The second-order valence-electron chi connectivity index (χ2n) is 7.58. The Bertz CT molecular complexity index is 860. The molecule has 0 radical (unpaired) electrons. The number of hydrogen-bond donors (Lipinski definition) is 1. The molecule has 1 amide bonds. The van der Waals surface area contributed by atoms with Gasteiger partial charge in [-0.2, -0.15) is 0 Å². The van der Waals surface area contributed by atoms with Crippen molar-refractivity contribution < 1.29 is 19.1 Å². The zero-order chi connectivity index (χ0) is 21.3. The van der Waals surface area contributed by atoms with Crippen molar-refractivity contribution in [1.82, 2.24) is 5.32 Å². The predicted octanol–water partition coefficient (Wildman–Crippen LogP) is 5.20. The van der Waals surface area contributed by atoms with Gasteiger partial charge in [-0.05, 0) is 48.4 Å². The van der Waals surface area contributed by atoms with E-state index in [-0.39, 0.29) is 18.0 Å². The molecule has 5 nitrogen and oxygen atoms in total. The molecule has 0 aromatic heterocycles. The van der Waals surface area contributed by atoms with Crippen LogP contribution < -0.4 is 5.32 Å². The summed E-state index contributed by atoms with van der Waals surface area (Å²) >= 11 is 0. The van der Waals surface area contributed by atoms with Crippen LogP contribution in [0.5, 0.6) is 0 Å². The Kier molecular flexibility index (Phi) is 7.66. The van der Waals surface area contributed by atoms with Gasteiger partial charge in [-0.15, -0.1) is 0 Å². The second kappa shape index (κ2) is 10.6. The molecule has 0 saturated carbocycles. The van der Waals surface area contributed by atoms with Gasteiger partial charge >= 0.3 is 12.1 Å². The Morgan fingerprint density at radius 1 is 0.900 bits per heavy atom. The number of carbonyl (C=O) groups is 2. The van der Waals surface area contributed by atoms with E-state index in [0.29, 0.717) is 25.3 Å². The number of hydrogen-bond acceptors (Lipinski definition) is 4. The number of esters is 1. The highest BCUT2D eigenvalue weighted by Crippen LogP contribution is 2.44. The maximum Gasteiger partial charge on any atom is 0.407 e. The summed E-state index contributed by atoms with van der Waals surface area (Å²) in [6, 6.07) is 16.6. The lowest BCUT2D eigenvalue weighted by atomic mass is 9.98. The lowest BCUT2D eigenvalue weighted by Crippen LogP contribution is -2.27. The van der Waals surface area contributed by atoms with E-state index >= 15 is 0 Å². The van der Waals surface area contributed by atoms with E-state index in [2.05, 4.69) is 36.2 Å². The zero-order valence-electron chi connectivity index (χ0n) is 17.5. The average molecular weight is 408 g/mol. The molecule has 1 aliphatic rings. The molecule has 0 heterocycles. The van der Waals surface area contributed by atoms with Crippen LogP contribution in [0.25, 0.3) is 11.1 Å². The molecule has 2 aromatic rings. The minimum Gasteiger partial charge on any atom is -0.462 e. The molecule has 158 valence electrons. The van der Waals surface area contributed by atoms with Gasteiger partial charge < -0.3 is 14.8 Å². The van der Waals surface area contributed by atoms with Gasteiger partial charge in [0, 0.05) is 18.0 Å². The highest BCUT2D eigenvalue weighted by atomic mass is 16.5. The van der Waals surface area contributed by atoms with E-state index < -0.39 is 0 Å². The molecular weight excluding hydrogens is 378 g/mol. The summed E-state index contributed by atoms with van der Waals surface area (Å²) < 4.78 is 10.6. The standard InChI is InChI=1S/C25H29NO4/c1-18(2)24(27)29-16-10-4-3-9-15-26-25(28)30-17-23-21-13-7-5-11-19(21)20-12-6-8-14-22(20)23/h5-8,11-14,23H,1,3-4,9-10,15-17H2,2H3,(H,26,28). The van der Waals surface area contributed by atoms with E-state index in [9.17, 15) is 9.59 Å². The average Bonchev–Trinajstić information content (AvgIpc) is 3.07. The van der Waals surface area contributed by atoms with Crippen molar-refractivity contribution in [3.63, 3.8) is 0 Å². The first-order chi connectivity index (χ1) is 14.6. The quantitative estimate of drug-likeness (QED) is 0.334. The summed E-state index contributed by atoms with van der Waals surface area (Å²) in [4.78, 5) is 23.4. The molecule has 2 aromatic carbocycles. The van der Waals surface area contributed by atoms with E-state index in [0.717, 1.165) is 25.7 Å². The molecule has 1 N–H and O–H groups in total. The summed E-state index contributed by atoms with van der Waals surface area (Å²) in [5, 5.41) is 2.82. The van der Waals surface area contributed by atoms with Crippen molar-refractivity contribution in [3.8, 4) is 11.1 Å². The Morgan fingerprint density at radius 2 is 1.50 bits per heavy atom. The van der Waals surface area contributed by atoms with Crippen molar-refractivity contribution in [3.05, 3.63) is 71.8 Å². The number of ether oxygens (including phenoxy) is 2. The smallest absolute Gasteiger partial charge is 0.407 e. The van der Waals surface area contributed by atoms with Crippen molar-refractivity contribution >= 4 is 12.1 Å². The molecule has 0 atom stereocenters. The van der Waals surface area contributed by atoms with E-state index in [1.54, 1.807) is 6.92 Å². The van der Waals surface area contributed by atoms with Crippen LogP contribution in [-0.2, 0) is 14.3 Å². The Hall–Kier alpha value is -3.08. The molecule has 0 aliphatic heterocycles. The second-order valence-corrected chi connectivity index (χ2v) is 7.58. The van der Waals surface area contributed by atoms with Crippen molar-refractivity contribution in [2.75, 3.05) is 19.8 Å². The fourth-order valence-corrected chi connectivity index (χ4v) is 3.71. The lowest BCUT2D eigenvalue weighted by Gasteiger charge is -2.14. The number of rotatable bonds is 10. The summed E-state index contributed by atoms with van der Waals surface area (Å²) in [7, 11) is 0. The molecule has 3 rings (SSSR count). The number of alkyl carbamates (subject to hydrolysis) is 1. The molecule has 0 spiro atoms. The predicted molar refractivity (Wildman–Crippen MR) is 117 cm³/mol. The highest BCUT2D eigenvalue weighted by molar-refractivity contribution is 5.86. The van der Waals surface area contributed by atoms with Crippen molar-refractivity contribution in [2.45, 2.75) is 38.5 Å². The first kappa shape index (κ1) is 21.6. The maximum atomic E-state index is 12.1. The lowest BCUT2D eigenvalue weighted by molar-refractivity contribution is -0.139. The molecule has 1 aliphatic carbocycles. The van der Waals surface area contributed by atoms with Crippen LogP contribution in [0.3, 0.4) is 0 Å². The topological polar surface area (TPSA) is 64.6 Å². The summed E-state index contributed by atoms with van der Waals surface area (Å²) in [5.41, 5.74) is 5.27. The van der Waals surface area contributed by atoms with Gasteiger partial charge in [-0.25, -0.2) is 9.59 Å². The molecule has 0 saturated heterocycles. The molecular formula is C25H29NO4. The molecule has 0 fully saturated rings. The van der Waals surface area contributed by atoms with Crippen molar-refractivity contribution in [2.24, 2.45) is 0 Å². The fraction of sp³-hybridized carbons (Fsp3) is 0.360. The third kappa shape index (κ3) is 5.50. The van der Waals surface area contributed by atoms with Gasteiger partial charge in [0.2, 0.25) is 0 Å². The summed E-state index contributed by atoms with van der Waals surface area (Å²) in [6.45, 7) is 6.49. The summed E-state index contributed by atoms with van der Waals surface area (Å²) in [6.07, 6.45) is 3.18. The number of unbranched alkanes of at least 4 members (excludes halogenated alkanes) is 3. The van der Waals surface area contributed by atoms with E-state index in [4.69, 9.17) is 9.47 Å². The van der Waals surface area contributed by atoms with Crippen LogP contribution in [0.1, 0.15) is 49.7 Å². The van der Waals surface area contributed by atoms with Crippen LogP contribution >= 0.6 is 0 Å². The van der Waals surface area contributed by atoms with E-state index in [1.807, 2.05) is 24.3 Å². The van der Waals surface area contributed by atoms with Gasteiger partial charge in [0.05, 0.1) is 6.61 Å². The third-order valence-corrected chi connectivity index (χ3v) is 5.27. The number of fused-ring (bicyclic) bond motifs is 3. The minimum atomic E-state index is -0.382. The monoisotopic (exact) mass is 407 g/mol. The highest BCUT2D eigenvalue weighted by Gasteiger charge is 2.28. The largest absolute Gasteiger partial charge is 0.462 e. The normalized spacial score (nSPS) is 12.0. The molecule has 5 heteroatoms. The number of nitrogens with one attached hydrogen (secondary N) is 1. The van der Waals surface area contributed by atoms with Gasteiger partial charge in [0.25, 0.3) is 0 Å². The Balaban J connectivity index is 1.34. The van der Waals surface area contributed by atoms with E-state index in [1.165, 1.54) is 22.3 Å². The molecule has 0 unspecified atom stereocenters. The zero-order valence-corrected chi connectivity index (χ0v) is 17.5. The number of benzene rings is 2. The van der Waals surface area contributed by atoms with Crippen LogP contribution in [-0.4, -0.2) is 31.8 Å². The fourth-order valence-electron chi connectivity index (χ4n) is 3.71. The van der Waals surface area contributed by atoms with Gasteiger partial charge in [0.15, 0.2) is 0 Å². The molecule has 30 heavy (non-hydrogen) atoms. The molecule has 0 bridgehead atoms. The van der Waals surface area contributed by atoms with Crippen LogP contribution in [0, 0.1) is 0 Å². The third-order valence-electron chi connectivity index (χ3n) is 5.27. The SMILES string of the molecule is C=C(C)C(=O)OCCCCCCNC(=O)OCC1c2ccccc2-c2ccccc21. The van der Waals surface area contributed by atoms with Crippen molar-refractivity contribution in [1.29, 1.82) is 0 Å². The number of carbonyl (C=O) groups excluding carboxylic acids is 2. The van der Waals surface area contributed by atoms with Gasteiger partial charge in [-0.3, -0.25) is 0 Å². The van der Waals surface area contributed by atoms with Gasteiger partial charge in [-0.1, -0.05) is 61.5 Å². The first-order valence-electron chi connectivity index (χ1n) is 10.5.